The summed E-state index contributed by atoms with van der Waals surface area (Å²) in [4.78, 5) is 10.9. The Hall–Kier alpha value is -1.39. The van der Waals surface area contributed by atoms with E-state index in [2.05, 4.69) is 19.2 Å². The van der Waals surface area contributed by atoms with Gasteiger partial charge in [-0.3, -0.25) is 0 Å². The largest absolute Gasteiger partial charge is 0.478 e. The van der Waals surface area contributed by atoms with Crippen LogP contribution in [0.4, 0.5) is 0 Å². The minimum absolute atomic E-state index is 0.290. The summed E-state index contributed by atoms with van der Waals surface area (Å²) in [5.74, 6) is -0.280. The summed E-state index contributed by atoms with van der Waals surface area (Å²) in [5.41, 5.74) is 1.33. The Kier molecular flexibility index (Phi) is 8.01. The summed E-state index contributed by atoms with van der Waals surface area (Å²) in [6.07, 6.45) is 3.53. The Morgan fingerprint density at radius 2 is 2.05 bits per heavy atom. The molecule has 1 rings (SSSR count). The molecule has 0 aromatic heterocycles. The number of carbonyl (C=O) groups is 1. The van der Waals surface area contributed by atoms with Gasteiger partial charge in [0.2, 0.25) is 0 Å². The monoisotopic (exact) mass is 293 g/mol. The highest BCUT2D eigenvalue weighted by Gasteiger charge is 2.17. The summed E-state index contributed by atoms with van der Waals surface area (Å²) in [6.45, 7) is 5.95. The van der Waals surface area contributed by atoms with Crippen molar-refractivity contribution in [1.82, 2.24) is 5.32 Å². The highest BCUT2D eigenvalue weighted by atomic mass is 16.5. The van der Waals surface area contributed by atoms with Crippen LogP contribution in [-0.2, 0) is 11.3 Å². The maximum atomic E-state index is 10.9. The van der Waals surface area contributed by atoms with Gasteiger partial charge in [-0.2, -0.15) is 0 Å². The van der Waals surface area contributed by atoms with Gasteiger partial charge >= 0.3 is 5.97 Å². The number of rotatable bonds is 10. The normalized spacial score (nSPS) is 12.6. The van der Waals surface area contributed by atoms with Crippen molar-refractivity contribution in [3.63, 3.8) is 0 Å². The minimum Gasteiger partial charge on any atom is -0.478 e. The zero-order valence-electron chi connectivity index (χ0n) is 13.3. The highest BCUT2D eigenvalue weighted by molar-refractivity contribution is 5.87. The summed E-state index contributed by atoms with van der Waals surface area (Å²) in [5, 5.41) is 12.3. The first-order valence-electron chi connectivity index (χ1n) is 7.68. The second-order valence-corrected chi connectivity index (χ2v) is 5.32. The van der Waals surface area contributed by atoms with Crippen molar-refractivity contribution in [3.05, 3.63) is 35.4 Å². The van der Waals surface area contributed by atoms with Gasteiger partial charge in [0.25, 0.3) is 0 Å². The number of nitrogens with one attached hydrogen (secondary N) is 1. The molecule has 1 aromatic carbocycles. The van der Waals surface area contributed by atoms with Gasteiger partial charge in [-0.1, -0.05) is 38.8 Å². The quantitative estimate of drug-likeness (QED) is 0.650. The smallest absolute Gasteiger partial charge is 0.335 e. The van der Waals surface area contributed by atoms with E-state index in [1.165, 1.54) is 0 Å². The Labute approximate surface area is 127 Å². The molecule has 1 unspecified atom stereocenters. The molecular weight excluding hydrogens is 266 g/mol. The molecule has 0 amide bonds. The SMILES string of the molecule is CCC(CC)C(CCNCc1cccc(C(=O)O)c1)OC. The third-order valence-electron chi connectivity index (χ3n) is 3.99. The maximum absolute atomic E-state index is 10.9. The third kappa shape index (κ3) is 5.86. The van der Waals surface area contributed by atoms with Gasteiger partial charge in [0.1, 0.15) is 0 Å². The molecule has 0 aliphatic rings. The molecule has 0 radical (unpaired) electrons. The number of hydrogen-bond donors (Lipinski definition) is 2. The molecule has 0 aliphatic heterocycles. The molecule has 0 heterocycles. The average molecular weight is 293 g/mol. The van der Waals surface area contributed by atoms with E-state index in [9.17, 15) is 4.79 Å². The van der Waals surface area contributed by atoms with Gasteiger partial charge in [-0.15, -0.1) is 0 Å². The molecule has 21 heavy (non-hydrogen) atoms. The van der Waals surface area contributed by atoms with Crippen LogP contribution in [0.25, 0.3) is 0 Å². The molecule has 118 valence electrons. The van der Waals surface area contributed by atoms with Gasteiger partial charge in [-0.05, 0) is 36.6 Å². The molecular formula is C17H27NO3. The Bertz CT molecular complexity index is 430. The molecule has 4 nitrogen and oxygen atoms in total. The first-order valence-corrected chi connectivity index (χ1v) is 7.68. The van der Waals surface area contributed by atoms with E-state index in [-0.39, 0.29) is 6.10 Å². The zero-order valence-corrected chi connectivity index (χ0v) is 13.3. The number of ether oxygens (including phenoxy) is 1. The lowest BCUT2D eigenvalue weighted by molar-refractivity contribution is 0.0422. The van der Waals surface area contributed by atoms with Gasteiger partial charge in [0.15, 0.2) is 0 Å². The predicted octanol–water partition coefficient (Wildman–Crippen LogP) is 3.32. The van der Waals surface area contributed by atoms with Crippen molar-refractivity contribution in [3.8, 4) is 0 Å². The van der Waals surface area contributed by atoms with Gasteiger partial charge < -0.3 is 15.2 Å². The molecule has 0 saturated carbocycles. The van der Waals surface area contributed by atoms with Gasteiger partial charge in [0, 0.05) is 13.7 Å². The van der Waals surface area contributed by atoms with Crippen molar-refractivity contribution < 1.29 is 14.6 Å². The van der Waals surface area contributed by atoms with E-state index in [1.807, 2.05) is 6.07 Å². The molecule has 0 spiro atoms. The van der Waals surface area contributed by atoms with Crippen molar-refractivity contribution >= 4 is 5.97 Å². The molecule has 4 heteroatoms. The number of carboxylic acid groups (broad SMARTS) is 1. The predicted molar refractivity (Wildman–Crippen MR) is 84.6 cm³/mol. The Balaban J connectivity index is 2.39. The van der Waals surface area contributed by atoms with Crippen LogP contribution in [-0.4, -0.2) is 30.8 Å². The maximum Gasteiger partial charge on any atom is 0.335 e. The number of hydrogen-bond acceptors (Lipinski definition) is 3. The lowest BCUT2D eigenvalue weighted by atomic mass is 9.94. The van der Waals surface area contributed by atoms with Crippen molar-refractivity contribution in [1.29, 1.82) is 0 Å². The van der Waals surface area contributed by atoms with Crippen LogP contribution in [0.1, 0.15) is 49.0 Å². The second-order valence-electron chi connectivity index (χ2n) is 5.32. The number of methoxy groups -OCH3 is 1. The topological polar surface area (TPSA) is 58.6 Å². The number of benzene rings is 1. The van der Waals surface area contributed by atoms with Crippen LogP contribution in [0, 0.1) is 5.92 Å². The lowest BCUT2D eigenvalue weighted by Gasteiger charge is -2.24. The van der Waals surface area contributed by atoms with E-state index in [0.717, 1.165) is 31.4 Å². The van der Waals surface area contributed by atoms with E-state index in [0.29, 0.717) is 18.0 Å². The third-order valence-corrected chi connectivity index (χ3v) is 3.99. The fourth-order valence-electron chi connectivity index (χ4n) is 2.65. The van der Waals surface area contributed by atoms with Crippen LogP contribution < -0.4 is 5.32 Å². The van der Waals surface area contributed by atoms with E-state index >= 15 is 0 Å². The molecule has 0 fully saturated rings. The lowest BCUT2D eigenvalue weighted by Crippen LogP contribution is -2.27. The van der Waals surface area contributed by atoms with Crippen LogP contribution in [0.15, 0.2) is 24.3 Å². The summed E-state index contributed by atoms with van der Waals surface area (Å²) in [6, 6.07) is 7.04. The van der Waals surface area contributed by atoms with Crippen LogP contribution in [0.2, 0.25) is 0 Å². The van der Waals surface area contributed by atoms with Crippen molar-refractivity contribution in [2.75, 3.05) is 13.7 Å². The summed E-state index contributed by atoms with van der Waals surface area (Å²) in [7, 11) is 1.78. The standard InChI is InChI=1S/C17H27NO3/c1-4-14(5-2)16(21-3)9-10-18-12-13-7-6-8-15(11-13)17(19)20/h6-8,11,14,16,18H,4-5,9-10,12H2,1-3H3,(H,19,20). The summed E-state index contributed by atoms with van der Waals surface area (Å²) >= 11 is 0. The van der Waals surface area contributed by atoms with E-state index in [1.54, 1.807) is 25.3 Å². The average Bonchev–Trinajstić information content (AvgIpc) is 2.50. The fourth-order valence-corrected chi connectivity index (χ4v) is 2.65. The second kappa shape index (κ2) is 9.53. The highest BCUT2D eigenvalue weighted by Crippen LogP contribution is 2.18. The molecule has 0 aliphatic carbocycles. The fraction of sp³-hybridized carbons (Fsp3) is 0.588. The zero-order chi connectivity index (χ0) is 15.7. The van der Waals surface area contributed by atoms with E-state index < -0.39 is 5.97 Å². The summed E-state index contributed by atoms with van der Waals surface area (Å²) < 4.78 is 5.58. The Morgan fingerprint density at radius 3 is 2.62 bits per heavy atom. The Morgan fingerprint density at radius 1 is 1.33 bits per heavy atom. The van der Waals surface area contributed by atoms with E-state index in [4.69, 9.17) is 9.84 Å². The molecule has 1 atom stereocenters. The molecule has 2 N–H and O–H groups in total. The van der Waals surface area contributed by atoms with Crippen molar-refractivity contribution in [2.45, 2.75) is 45.8 Å². The first-order chi connectivity index (χ1) is 10.1. The number of aromatic carboxylic acids is 1. The minimum atomic E-state index is -0.884. The van der Waals surface area contributed by atoms with Crippen LogP contribution in [0.5, 0.6) is 0 Å². The van der Waals surface area contributed by atoms with Gasteiger partial charge in [-0.25, -0.2) is 4.79 Å². The molecule has 1 aromatic rings. The van der Waals surface area contributed by atoms with Crippen molar-refractivity contribution in [2.24, 2.45) is 5.92 Å². The van der Waals surface area contributed by atoms with Gasteiger partial charge in [0.05, 0.1) is 11.7 Å². The number of carboxylic acids is 1. The molecule has 0 bridgehead atoms. The van der Waals surface area contributed by atoms with Crippen LogP contribution >= 0.6 is 0 Å². The first kappa shape index (κ1) is 17.7. The van der Waals surface area contributed by atoms with Crippen LogP contribution in [0.3, 0.4) is 0 Å². The molecule has 0 saturated heterocycles.